The minimum Gasteiger partial charge on any atom is -0.351 e. The summed E-state index contributed by atoms with van der Waals surface area (Å²) in [6, 6.07) is 6.92. The summed E-state index contributed by atoms with van der Waals surface area (Å²) in [4.78, 5) is 20.8. The van der Waals surface area contributed by atoms with Gasteiger partial charge in [-0.2, -0.15) is 0 Å². The van der Waals surface area contributed by atoms with Gasteiger partial charge in [0.2, 0.25) is 5.95 Å². The van der Waals surface area contributed by atoms with Gasteiger partial charge in [0.15, 0.2) is 0 Å². The Morgan fingerprint density at radius 2 is 2.09 bits per heavy atom. The second kappa shape index (κ2) is 7.04. The molecule has 0 radical (unpaired) electrons. The average Bonchev–Trinajstić information content (AvgIpc) is 2.47. The molecule has 0 unspecified atom stereocenters. The lowest BCUT2D eigenvalue weighted by Crippen LogP contribution is -2.16. The Morgan fingerprint density at radius 1 is 1.32 bits per heavy atom. The highest BCUT2D eigenvalue weighted by molar-refractivity contribution is 6.30. The van der Waals surface area contributed by atoms with Crippen LogP contribution in [0.25, 0.3) is 0 Å². The summed E-state index contributed by atoms with van der Waals surface area (Å²) in [7, 11) is 0. The largest absolute Gasteiger partial charge is 0.351 e. The predicted molar refractivity (Wildman–Crippen MR) is 89.6 cm³/mol. The molecule has 114 valence electrons. The fourth-order valence-electron chi connectivity index (χ4n) is 1.88. The number of aryl methyl sites for hydroxylation is 2. The van der Waals surface area contributed by atoms with Crippen molar-refractivity contribution in [2.24, 2.45) is 0 Å². The van der Waals surface area contributed by atoms with E-state index < -0.39 is 0 Å². The van der Waals surface area contributed by atoms with Gasteiger partial charge in [-0.1, -0.05) is 17.7 Å². The fraction of sp³-hybridized carbons (Fsp3) is 0.188. The number of aromatic nitrogens is 2. The third-order valence-electron chi connectivity index (χ3n) is 2.93. The van der Waals surface area contributed by atoms with E-state index in [4.69, 9.17) is 11.6 Å². The number of hydrogen-bond donors (Lipinski definition) is 2. The van der Waals surface area contributed by atoms with Gasteiger partial charge in [-0.25, -0.2) is 9.97 Å². The lowest BCUT2D eigenvalue weighted by molar-refractivity contribution is 0.102. The van der Waals surface area contributed by atoms with E-state index in [1.54, 1.807) is 30.3 Å². The van der Waals surface area contributed by atoms with Crippen molar-refractivity contribution in [1.82, 2.24) is 9.97 Å². The molecule has 1 aromatic carbocycles. The number of nitrogens with one attached hydrogen (secondary N) is 2. The summed E-state index contributed by atoms with van der Waals surface area (Å²) < 4.78 is 0. The SMILES string of the molecule is C=CCNc1nc(C)cc(C(=O)Nc2ccc(Cl)cc2C)n1. The first-order valence-electron chi connectivity index (χ1n) is 6.77. The first-order chi connectivity index (χ1) is 10.5. The van der Waals surface area contributed by atoms with Gasteiger partial charge in [0.05, 0.1) is 0 Å². The zero-order valence-corrected chi connectivity index (χ0v) is 13.2. The van der Waals surface area contributed by atoms with E-state index in [1.807, 2.05) is 13.8 Å². The summed E-state index contributed by atoms with van der Waals surface area (Å²) in [5.41, 5.74) is 2.59. The van der Waals surface area contributed by atoms with E-state index in [-0.39, 0.29) is 5.91 Å². The molecular formula is C16H17ClN4O. The standard InChI is InChI=1S/C16H17ClN4O/c1-4-7-18-16-19-11(3)9-14(21-16)15(22)20-13-6-5-12(17)8-10(13)2/h4-6,8-9H,1,7H2,2-3H3,(H,20,22)(H,18,19,21). The van der Waals surface area contributed by atoms with Crippen molar-refractivity contribution in [2.75, 3.05) is 17.2 Å². The summed E-state index contributed by atoms with van der Waals surface area (Å²) in [5.74, 6) is 0.107. The maximum Gasteiger partial charge on any atom is 0.274 e. The van der Waals surface area contributed by atoms with Crippen LogP contribution < -0.4 is 10.6 Å². The van der Waals surface area contributed by atoms with Gasteiger partial charge < -0.3 is 10.6 Å². The Bertz CT molecular complexity index is 715. The second-order valence-corrected chi connectivity index (χ2v) is 5.24. The van der Waals surface area contributed by atoms with E-state index in [0.29, 0.717) is 34.6 Å². The molecular weight excluding hydrogens is 300 g/mol. The molecule has 0 aliphatic rings. The molecule has 5 nitrogen and oxygen atoms in total. The molecule has 2 rings (SSSR count). The average molecular weight is 317 g/mol. The van der Waals surface area contributed by atoms with Gasteiger partial charge in [0.25, 0.3) is 5.91 Å². The number of nitrogens with zero attached hydrogens (tertiary/aromatic N) is 2. The van der Waals surface area contributed by atoms with Crippen molar-refractivity contribution in [3.05, 3.63) is 58.9 Å². The minimum absolute atomic E-state index is 0.294. The molecule has 1 heterocycles. The van der Waals surface area contributed by atoms with Crippen molar-refractivity contribution >= 4 is 29.1 Å². The fourth-order valence-corrected chi connectivity index (χ4v) is 2.11. The molecule has 0 fully saturated rings. The highest BCUT2D eigenvalue weighted by atomic mass is 35.5. The van der Waals surface area contributed by atoms with Crippen molar-refractivity contribution in [2.45, 2.75) is 13.8 Å². The van der Waals surface area contributed by atoms with Crippen LogP contribution in [-0.2, 0) is 0 Å². The lowest BCUT2D eigenvalue weighted by Gasteiger charge is -2.10. The van der Waals surface area contributed by atoms with Gasteiger partial charge >= 0.3 is 0 Å². The Kier molecular flexibility index (Phi) is 5.12. The number of rotatable bonds is 5. The van der Waals surface area contributed by atoms with Crippen LogP contribution in [0.15, 0.2) is 36.9 Å². The van der Waals surface area contributed by atoms with E-state index in [1.165, 1.54) is 0 Å². The van der Waals surface area contributed by atoms with E-state index in [9.17, 15) is 4.79 Å². The topological polar surface area (TPSA) is 66.9 Å². The van der Waals surface area contributed by atoms with Crippen LogP contribution in [0, 0.1) is 13.8 Å². The molecule has 0 aliphatic heterocycles. The Morgan fingerprint density at radius 3 is 2.77 bits per heavy atom. The number of amides is 1. The molecule has 0 saturated carbocycles. The third kappa shape index (κ3) is 4.05. The Balaban J connectivity index is 2.21. The Hall–Kier alpha value is -2.40. The van der Waals surface area contributed by atoms with Crippen LogP contribution in [0.3, 0.4) is 0 Å². The van der Waals surface area contributed by atoms with Crippen LogP contribution in [0.2, 0.25) is 5.02 Å². The number of carbonyl (C=O) groups excluding carboxylic acids is 1. The number of hydrogen-bond acceptors (Lipinski definition) is 4. The first kappa shape index (κ1) is 16.0. The van der Waals surface area contributed by atoms with Gasteiger partial charge in [-0.05, 0) is 43.7 Å². The molecule has 0 aliphatic carbocycles. The van der Waals surface area contributed by atoms with Gasteiger partial charge in [-0.3, -0.25) is 4.79 Å². The molecule has 2 N–H and O–H groups in total. The van der Waals surface area contributed by atoms with E-state index in [0.717, 1.165) is 5.56 Å². The maximum atomic E-state index is 12.3. The van der Waals surface area contributed by atoms with Crippen molar-refractivity contribution in [3.8, 4) is 0 Å². The predicted octanol–water partition coefficient (Wildman–Crippen LogP) is 3.60. The normalized spacial score (nSPS) is 10.1. The van der Waals surface area contributed by atoms with Crippen molar-refractivity contribution < 1.29 is 4.79 Å². The summed E-state index contributed by atoms with van der Waals surface area (Å²) in [6.07, 6.45) is 1.70. The lowest BCUT2D eigenvalue weighted by atomic mass is 10.2. The van der Waals surface area contributed by atoms with Crippen LogP contribution >= 0.6 is 11.6 Å². The molecule has 6 heteroatoms. The molecule has 1 aromatic heterocycles. The Labute approximate surface area is 134 Å². The second-order valence-electron chi connectivity index (χ2n) is 4.80. The maximum absolute atomic E-state index is 12.3. The van der Waals surface area contributed by atoms with Crippen LogP contribution in [-0.4, -0.2) is 22.4 Å². The zero-order valence-electron chi connectivity index (χ0n) is 12.5. The van der Waals surface area contributed by atoms with Crippen molar-refractivity contribution in [3.63, 3.8) is 0 Å². The number of anilines is 2. The van der Waals surface area contributed by atoms with E-state index in [2.05, 4.69) is 27.2 Å². The number of benzene rings is 1. The van der Waals surface area contributed by atoms with Crippen molar-refractivity contribution in [1.29, 1.82) is 0 Å². The molecule has 0 bridgehead atoms. The quantitative estimate of drug-likeness (QED) is 0.827. The van der Waals surface area contributed by atoms with Crippen LogP contribution in [0.5, 0.6) is 0 Å². The molecule has 2 aromatic rings. The summed E-state index contributed by atoms with van der Waals surface area (Å²) in [5, 5.41) is 6.43. The number of carbonyl (C=O) groups is 1. The summed E-state index contributed by atoms with van der Waals surface area (Å²) in [6.45, 7) is 7.84. The van der Waals surface area contributed by atoms with E-state index >= 15 is 0 Å². The van der Waals surface area contributed by atoms with Gasteiger partial charge in [-0.15, -0.1) is 6.58 Å². The molecule has 0 saturated heterocycles. The smallest absolute Gasteiger partial charge is 0.274 e. The minimum atomic E-state index is -0.294. The first-order valence-corrected chi connectivity index (χ1v) is 7.15. The third-order valence-corrected chi connectivity index (χ3v) is 3.16. The summed E-state index contributed by atoms with van der Waals surface area (Å²) >= 11 is 5.91. The monoisotopic (exact) mass is 316 g/mol. The molecule has 22 heavy (non-hydrogen) atoms. The molecule has 0 spiro atoms. The van der Waals surface area contributed by atoms with Gasteiger partial charge in [0.1, 0.15) is 5.69 Å². The number of halogens is 1. The zero-order chi connectivity index (χ0) is 16.1. The van der Waals surface area contributed by atoms with Crippen LogP contribution in [0.4, 0.5) is 11.6 Å². The molecule has 0 atom stereocenters. The van der Waals surface area contributed by atoms with Gasteiger partial charge in [0, 0.05) is 22.9 Å². The molecule has 1 amide bonds. The highest BCUT2D eigenvalue weighted by Crippen LogP contribution is 2.20. The van der Waals surface area contributed by atoms with Crippen LogP contribution in [0.1, 0.15) is 21.7 Å². The highest BCUT2D eigenvalue weighted by Gasteiger charge is 2.12.